The Hall–Kier alpha value is -3.04. The molecule has 0 spiro atoms. The van der Waals surface area contributed by atoms with Crippen molar-refractivity contribution in [2.75, 3.05) is 33.0 Å². The molecule has 34 heavy (non-hydrogen) atoms. The van der Waals surface area contributed by atoms with Gasteiger partial charge in [0.15, 0.2) is 0 Å². The third-order valence-corrected chi connectivity index (χ3v) is 7.03. The second-order valence-corrected chi connectivity index (χ2v) is 9.24. The predicted octanol–water partition coefficient (Wildman–Crippen LogP) is 3.25. The number of amides is 2. The van der Waals surface area contributed by atoms with E-state index in [1.54, 1.807) is 23.9 Å². The van der Waals surface area contributed by atoms with E-state index in [-0.39, 0.29) is 17.6 Å². The van der Waals surface area contributed by atoms with Gasteiger partial charge in [-0.1, -0.05) is 0 Å². The number of aromatic amines is 1. The number of carbonyl (C=O) groups is 2. The van der Waals surface area contributed by atoms with Gasteiger partial charge in [-0.3, -0.25) is 9.59 Å². The van der Waals surface area contributed by atoms with Crippen molar-refractivity contribution in [2.45, 2.75) is 29.7 Å². The molecule has 2 aromatic carbocycles. The van der Waals surface area contributed by atoms with Crippen LogP contribution in [-0.2, 0) is 11.2 Å². The zero-order valence-corrected chi connectivity index (χ0v) is 20.1. The van der Waals surface area contributed by atoms with Gasteiger partial charge in [0, 0.05) is 28.5 Å². The third kappa shape index (κ3) is 5.05. The molecule has 3 aromatic rings. The van der Waals surface area contributed by atoms with Crippen molar-refractivity contribution in [3.05, 3.63) is 59.5 Å². The summed E-state index contributed by atoms with van der Waals surface area (Å²) >= 11 is 1.56. The lowest BCUT2D eigenvalue weighted by atomic mass is 9.86. The molecule has 0 aliphatic carbocycles. The van der Waals surface area contributed by atoms with Crippen LogP contribution in [0, 0.1) is 5.82 Å². The van der Waals surface area contributed by atoms with E-state index in [0.717, 1.165) is 21.4 Å². The van der Waals surface area contributed by atoms with Gasteiger partial charge in [0.1, 0.15) is 17.1 Å². The Morgan fingerprint density at radius 3 is 2.71 bits per heavy atom. The maximum Gasteiger partial charge on any atom is 0.255 e. The van der Waals surface area contributed by atoms with Gasteiger partial charge in [-0.25, -0.2) is 4.39 Å². The number of rotatable bonds is 8. The maximum absolute atomic E-state index is 13.7. The molecule has 2 heterocycles. The van der Waals surface area contributed by atoms with Gasteiger partial charge in [-0.2, -0.15) is 0 Å². The fourth-order valence-electron chi connectivity index (χ4n) is 4.37. The number of H-pyrrole nitrogens is 1. The Morgan fingerprint density at radius 2 is 1.97 bits per heavy atom. The standard InChI is InChI=1S/C25H29FN4O3S/c1-33-22-14-18(34-2)4-5-19(22)23(31)30-25(8-11-27-12-9-25)24(32)28-10-7-16-15-29-21-6-3-17(26)13-20(16)21/h3-6,13-15,27,29H,7-12H2,1-2H3,(H,28,32)(H,30,31). The summed E-state index contributed by atoms with van der Waals surface area (Å²) in [4.78, 5) is 30.7. The zero-order valence-electron chi connectivity index (χ0n) is 19.3. The van der Waals surface area contributed by atoms with Gasteiger partial charge in [0.05, 0.1) is 12.7 Å². The van der Waals surface area contributed by atoms with Crippen LogP contribution in [0.25, 0.3) is 10.9 Å². The van der Waals surface area contributed by atoms with Crippen LogP contribution in [0.5, 0.6) is 5.75 Å². The molecule has 180 valence electrons. The predicted molar refractivity (Wildman–Crippen MR) is 132 cm³/mol. The highest BCUT2D eigenvalue weighted by Crippen LogP contribution is 2.27. The average Bonchev–Trinajstić information content (AvgIpc) is 3.25. The lowest BCUT2D eigenvalue weighted by Crippen LogP contribution is -2.63. The summed E-state index contributed by atoms with van der Waals surface area (Å²) in [5.41, 5.74) is 1.16. The van der Waals surface area contributed by atoms with E-state index in [1.807, 2.05) is 24.6 Å². The van der Waals surface area contributed by atoms with Crippen molar-refractivity contribution in [1.29, 1.82) is 0 Å². The normalized spacial score (nSPS) is 15.1. The fourth-order valence-corrected chi connectivity index (χ4v) is 4.80. The van der Waals surface area contributed by atoms with E-state index in [4.69, 9.17) is 4.74 Å². The second kappa shape index (κ2) is 10.5. The minimum absolute atomic E-state index is 0.215. The highest BCUT2D eigenvalue weighted by molar-refractivity contribution is 7.98. The summed E-state index contributed by atoms with van der Waals surface area (Å²) in [6.45, 7) is 1.62. The molecule has 1 aromatic heterocycles. The molecular weight excluding hydrogens is 455 g/mol. The summed E-state index contributed by atoms with van der Waals surface area (Å²) in [6.07, 6.45) is 5.29. The summed E-state index contributed by atoms with van der Waals surface area (Å²) in [5, 5.41) is 10.1. The highest BCUT2D eigenvalue weighted by Gasteiger charge is 2.41. The first kappa shape index (κ1) is 24.1. The van der Waals surface area contributed by atoms with Crippen LogP contribution in [-0.4, -0.2) is 55.3 Å². The van der Waals surface area contributed by atoms with Crippen LogP contribution >= 0.6 is 11.8 Å². The molecule has 9 heteroatoms. The Balaban J connectivity index is 1.46. The molecular formula is C25H29FN4O3S. The first-order valence-electron chi connectivity index (χ1n) is 11.2. The van der Waals surface area contributed by atoms with Crippen LogP contribution in [0.2, 0.25) is 0 Å². The summed E-state index contributed by atoms with van der Waals surface area (Å²) < 4.78 is 19.1. The SMILES string of the molecule is COc1cc(SC)ccc1C(=O)NC1(C(=O)NCCc2c[nH]c3ccc(F)cc23)CCNCC1. The number of thioether (sulfide) groups is 1. The van der Waals surface area contributed by atoms with Crippen molar-refractivity contribution in [3.63, 3.8) is 0 Å². The van der Waals surface area contributed by atoms with E-state index in [9.17, 15) is 14.0 Å². The van der Waals surface area contributed by atoms with Crippen LogP contribution in [0.15, 0.2) is 47.5 Å². The topological polar surface area (TPSA) is 95.2 Å². The number of halogens is 1. The molecule has 4 rings (SSSR count). The lowest BCUT2D eigenvalue weighted by Gasteiger charge is -2.37. The van der Waals surface area contributed by atoms with Gasteiger partial charge in [-0.15, -0.1) is 11.8 Å². The molecule has 7 nitrogen and oxygen atoms in total. The van der Waals surface area contributed by atoms with E-state index in [2.05, 4.69) is 20.9 Å². The first-order chi connectivity index (χ1) is 16.5. The van der Waals surface area contributed by atoms with Gasteiger partial charge < -0.3 is 25.7 Å². The second-order valence-electron chi connectivity index (χ2n) is 8.36. The average molecular weight is 485 g/mol. The molecule has 0 atom stereocenters. The zero-order chi connectivity index (χ0) is 24.1. The van der Waals surface area contributed by atoms with E-state index < -0.39 is 5.54 Å². The van der Waals surface area contributed by atoms with Crippen molar-refractivity contribution in [1.82, 2.24) is 20.9 Å². The molecule has 0 bridgehead atoms. The molecule has 0 saturated carbocycles. The number of ether oxygens (including phenoxy) is 1. The van der Waals surface area contributed by atoms with Gasteiger partial charge in [-0.05, 0) is 80.6 Å². The molecule has 4 N–H and O–H groups in total. The summed E-state index contributed by atoms with van der Waals surface area (Å²) in [6, 6.07) is 10.0. The quantitative estimate of drug-likeness (QED) is 0.368. The molecule has 0 radical (unpaired) electrons. The van der Waals surface area contributed by atoms with Crippen molar-refractivity contribution < 1.29 is 18.7 Å². The van der Waals surface area contributed by atoms with Crippen molar-refractivity contribution >= 4 is 34.5 Å². The maximum atomic E-state index is 13.7. The highest BCUT2D eigenvalue weighted by atomic mass is 32.2. The Morgan fingerprint density at radius 1 is 1.18 bits per heavy atom. The Bertz CT molecular complexity index is 1190. The van der Waals surface area contributed by atoms with Gasteiger partial charge >= 0.3 is 0 Å². The monoisotopic (exact) mass is 484 g/mol. The molecule has 2 amide bonds. The summed E-state index contributed by atoms with van der Waals surface area (Å²) in [7, 11) is 1.53. The number of hydrogen-bond donors (Lipinski definition) is 4. The molecule has 1 fully saturated rings. The number of aromatic nitrogens is 1. The number of carbonyl (C=O) groups excluding carboxylic acids is 2. The van der Waals surface area contributed by atoms with Crippen molar-refractivity contribution in [2.24, 2.45) is 0 Å². The van der Waals surface area contributed by atoms with Crippen LogP contribution in [0.4, 0.5) is 4.39 Å². The number of nitrogens with one attached hydrogen (secondary N) is 4. The van der Waals surface area contributed by atoms with E-state index in [1.165, 1.54) is 19.2 Å². The molecule has 1 aliphatic heterocycles. The fraction of sp³-hybridized carbons (Fsp3) is 0.360. The van der Waals surface area contributed by atoms with Gasteiger partial charge in [0.2, 0.25) is 5.91 Å². The third-order valence-electron chi connectivity index (χ3n) is 6.31. The van der Waals surface area contributed by atoms with Crippen LogP contribution in [0.3, 0.4) is 0 Å². The Kier molecular flexibility index (Phi) is 7.43. The number of piperidine rings is 1. The smallest absolute Gasteiger partial charge is 0.255 e. The lowest BCUT2D eigenvalue weighted by molar-refractivity contribution is -0.128. The largest absolute Gasteiger partial charge is 0.496 e. The van der Waals surface area contributed by atoms with Crippen LogP contribution < -0.4 is 20.7 Å². The van der Waals surface area contributed by atoms with E-state index >= 15 is 0 Å². The molecule has 1 saturated heterocycles. The van der Waals surface area contributed by atoms with Crippen molar-refractivity contribution in [3.8, 4) is 5.75 Å². The number of fused-ring (bicyclic) bond motifs is 1. The number of methoxy groups -OCH3 is 1. The van der Waals surface area contributed by atoms with Gasteiger partial charge in [0.25, 0.3) is 5.91 Å². The first-order valence-corrected chi connectivity index (χ1v) is 12.5. The molecule has 1 aliphatic rings. The molecule has 0 unspecified atom stereocenters. The minimum atomic E-state index is -1.02. The summed E-state index contributed by atoms with van der Waals surface area (Å²) in [5.74, 6) is -0.378. The number of benzene rings is 2. The minimum Gasteiger partial charge on any atom is -0.496 e. The van der Waals surface area contributed by atoms with E-state index in [0.29, 0.717) is 50.2 Å². The Labute approximate surface area is 202 Å². The number of hydrogen-bond acceptors (Lipinski definition) is 5. The van der Waals surface area contributed by atoms with Crippen LogP contribution in [0.1, 0.15) is 28.8 Å².